The molecule has 1 unspecified atom stereocenters. The summed E-state index contributed by atoms with van der Waals surface area (Å²) in [6, 6.07) is 0.139. The van der Waals surface area contributed by atoms with E-state index in [-0.39, 0.29) is 18.8 Å². The largest absolute Gasteiger partial charge is 0.496 e. The summed E-state index contributed by atoms with van der Waals surface area (Å²) in [7, 11) is 1.77. The molecular formula is C14H28N2O2. The van der Waals surface area contributed by atoms with Crippen LogP contribution in [0.5, 0.6) is 0 Å². The number of nitrogens with zero attached hydrogens (tertiary/aromatic N) is 1. The minimum absolute atomic E-state index is 0.139. The van der Waals surface area contributed by atoms with Gasteiger partial charge in [-0.25, -0.2) is 0 Å². The van der Waals surface area contributed by atoms with Crippen LogP contribution in [-0.2, 0) is 4.74 Å². The quantitative estimate of drug-likeness (QED) is 0.465. The zero-order valence-electron chi connectivity index (χ0n) is 12.1. The van der Waals surface area contributed by atoms with Crippen molar-refractivity contribution in [2.75, 3.05) is 20.2 Å². The molecule has 18 heavy (non-hydrogen) atoms. The van der Waals surface area contributed by atoms with E-state index in [2.05, 4.69) is 10.3 Å². The van der Waals surface area contributed by atoms with Gasteiger partial charge in [0.15, 0.2) is 0 Å². The van der Waals surface area contributed by atoms with E-state index >= 15 is 0 Å². The van der Waals surface area contributed by atoms with Crippen LogP contribution in [-0.4, -0.2) is 43.7 Å². The monoisotopic (exact) mass is 256 g/mol. The Balaban J connectivity index is 3.84. The number of allylic oxidation sites excluding steroid dienone is 1. The van der Waals surface area contributed by atoms with Crippen molar-refractivity contribution in [1.29, 1.82) is 0 Å². The molecule has 0 aliphatic rings. The average Bonchev–Trinajstić information content (AvgIpc) is 2.35. The number of ether oxygens (including phenoxy) is 1. The molecule has 0 aliphatic carbocycles. The minimum Gasteiger partial charge on any atom is -0.496 e. The number of aliphatic imine (C=N–C) groups is 1. The van der Waals surface area contributed by atoms with Crippen molar-refractivity contribution in [3.63, 3.8) is 0 Å². The Bertz CT molecular complexity index is 250. The lowest BCUT2D eigenvalue weighted by Gasteiger charge is -2.17. The topological polar surface area (TPSA) is 53.8 Å². The highest BCUT2D eigenvalue weighted by Crippen LogP contribution is 2.06. The number of nitrogens with one attached hydrogen (secondary N) is 1. The van der Waals surface area contributed by atoms with Crippen LogP contribution in [0.3, 0.4) is 0 Å². The highest BCUT2D eigenvalue weighted by molar-refractivity contribution is 5.56. The first-order chi connectivity index (χ1) is 8.63. The van der Waals surface area contributed by atoms with Crippen LogP contribution in [0.4, 0.5) is 0 Å². The van der Waals surface area contributed by atoms with E-state index in [4.69, 9.17) is 4.74 Å². The van der Waals surface area contributed by atoms with E-state index < -0.39 is 0 Å². The molecule has 0 aromatic heterocycles. The summed E-state index contributed by atoms with van der Waals surface area (Å²) in [4.78, 5) is 3.93. The molecule has 0 aromatic rings. The van der Waals surface area contributed by atoms with Gasteiger partial charge in [0.05, 0.1) is 18.5 Å². The number of hydrogen-bond acceptors (Lipinski definition) is 4. The summed E-state index contributed by atoms with van der Waals surface area (Å²) in [5, 5.41) is 12.6. The molecule has 0 fully saturated rings. The number of aliphatic hydroxyl groups is 1. The van der Waals surface area contributed by atoms with Crippen LogP contribution >= 0.6 is 0 Å². The van der Waals surface area contributed by atoms with Crippen LogP contribution in [0.2, 0.25) is 0 Å². The van der Waals surface area contributed by atoms with E-state index in [9.17, 15) is 5.11 Å². The molecule has 4 nitrogen and oxygen atoms in total. The van der Waals surface area contributed by atoms with Crippen molar-refractivity contribution in [3.05, 3.63) is 11.8 Å². The zero-order chi connectivity index (χ0) is 13.8. The lowest BCUT2D eigenvalue weighted by Crippen LogP contribution is -2.33. The van der Waals surface area contributed by atoms with E-state index in [1.165, 1.54) is 0 Å². The molecule has 106 valence electrons. The van der Waals surface area contributed by atoms with Gasteiger partial charge in [-0.15, -0.1) is 0 Å². The third-order valence-corrected chi connectivity index (χ3v) is 2.56. The Morgan fingerprint density at radius 1 is 1.44 bits per heavy atom. The van der Waals surface area contributed by atoms with E-state index in [0.717, 1.165) is 31.6 Å². The summed E-state index contributed by atoms with van der Waals surface area (Å²) < 4.78 is 5.65. The summed E-state index contributed by atoms with van der Waals surface area (Å²) in [5.41, 5.74) is 0. The smallest absolute Gasteiger partial charge is 0.0933 e. The standard InChI is InChI=1S/C14H28N2O2/c1-5-14(18-12(2)3)8-10-16-13(11-17)7-6-9-15-4/h5,9,12-13,16-17H,6-8,10-11H2,1-4H3. The number of aliphatic hydroxyl groups excluding tert-OH is 1. The predicted molar refractivity (Wildman–Crippen MR) is 77.1 cm³/mol. The zero-order valence-corrected chi connectivity index (χ0v) is 12.1. The van der Waals surface area contributed by atoms with Crippen molar-refractivity contribution in [2.45, 2.75) is 52.2 Å². The molecule has 0 amide bonds. The van der Waals surface area contributed by atoms with Crippen molar-refractivity contribution < 1.29 is 9.84 Å². The van der Waals surface area contributed by atoms with Crippen LogP contribution < -0.4 is 5.32 Å². The summed E-state index contributed by atoms with van der Waals surface area (Å²) in [5.74, 6) is 1.00. The predicted octanol–water partition coefficient (Wildman–Crippen LogP) is 2.14. The molecule has 0 aromatic carbocycles. The van der Waals surface area contributed by atoms with Gasteiger partial charge in [0, 0.05) is 26.1 Å². The molecule has 0 radical (unpaired) electrons. The van der Waals surface area contributed by atoms with Gasteiger partial charge in [0.25, 0.3) is 0 Å². The third-order valence-electron chi connectivity index (χ3n) is 2.56. The fourth-order valence-electron chi connectivity index (χ4n) is 1.64. The van der Waals surface area contributed by atoms with Crippen molar-refractivity contribution in [2.24, 2.45) is 4.99 Å². The Morgan fingerprint density at radius 3 is 2.67 bits per heavy atom. The van der Waals surface area contributed by atoms with Gasteiger partial charge in [-0.1, -0.05) is 0 Å². The third kappa shape index (κ3) is 9.19. The number of hydrogen-bond donors (Lipinski definition) is 2. The first kappa shape index (κ1) is 17.1. The maximum Gasteiger partial charge on any atom is 0.0933 e. The second-order valence-corrected chi connectivity index (χ2v) is 4.52. The molecule has 0 saturated heterocycles. The van der Waals surface area contributed by atoms with E-state index in [1.807, 2.05) is 33.1 Å². The van der Waals surface area contributed by atoms with Crippen molar-refractivity contribution in [1.82, 2.24) is 5.32 Å². The molecular weight excluding hydrogens is 228 g/mol. The van der Waals surface area contributed by atoms with E-state index in [0.29, 0.717) is 0 Å². The summed E-state index contributed by atoms with van der Waals surface area (Å²) in [6.07, 6.45) is 6.75. The second kappa shape index (κ2) is 11.2. The minimum atomic E-state index is 0.139. The van der Waals surface area contributed by atoms with Crippen LogP contribution in [0, 0.1) is 0 Å². The Hall–Kier alpha value is -0.870. The van der Waals surface area contributed by atoms with Crippen LogP contribution in [0.1, 0.15) is 40.0 Å². The highest BCUT2D eigenvalue weighted by Gasteiger charge is 2.06. The number of rotatable bonds is 10. The molecule has 4 heteroatoms. The molecule has 0 heterocycles. The lowest BCUT2D eigenvalue weighted by molar-refractivity contribution is 0.137. The molecule has 0 spiro atoms. The molecule has 0 aliphatic heterocycles. The first-order valence-electron chi connectivity index (χ1n) is 6.70. The van der Waals surface area contributed by atoms with Crippen molar-refractivity contribution >= 4 is 6.21 Å². The van der Waals surface area contributed by atoms with Gasteiger partial charge >= 0.3 is 0 Å². The lowest BCUT2D eigenvalue weighted by atomic mass is 10.1. The Morgan fingerprint density at radius 2 is 2.17 bits per heavy atom. The average molecular weight is 256 g/mol. The fourth-order valence-corrected chi connectivity index (χ4v) is 1.64. The molecule has 0 saturated carbocycles. The maximum atomic E-state index is 9.24. The first-order valence-corrected chi connectivity index (χ1v) is 6.70. The Labute approximate surface area is 111 Å². The SMILES string of the molecule is CC=C(CCNC(CO)CCC=NC)OC(C)C. The molecule has 2 N–H and O–H groups in total. The van der Waals surface area contributed by atoms with Crippen LogP contribution in [0.15, 0.2) is 16.8 Å². The van der Waals surface area contributed by atoms with Gasteiger partial charge in [-0.05, 0) is 45.9 Å². The van der Waals surface area contributed by atoms with Gasteiger partial charge in [0.1, 0.15) is 0 Å². The van der Waals surface area contributed by atoms with Gasteiger partial charge < -0.3 is 20.2 Å². The molecule has 1 atom stereocenters. The summed E-state index contributed by atoms with van der Waals surface area (Å²) >= 11 is 0. The molecule has 0 bridgehead atoms. The van der Waals surface area contributed by atoms with Gasteiger partial charge in [0.2, 0.25) is 0 Å². The Kier molecular flexibility index (Phi) is 10.7. The maximum absolute atomic E-state index is 9.24. The highest BCUT2D eigenvalue weighted by atomic mass is 16.5. The van der Waals surface area contributed by atoms with Gasteiger partial charge in [-0.2, -0.15) is 0 Å². The fraction of sp³-hybridized carbons (Fsp3) is 0.786. The van der Waals surface area contributed by atoms with Gasteiger partial charge in [-0.3, -0.25) is 0 Å². The van der Waals surface area contributed by atoms with Crippen molar-refractivity contribution in [3.8, 4) is 0 Å². The van der Waals surface area contributed by atoms with E-state index in [1.54, 1.807) is 7.05 Å². The molecule has 0 rings (SSSR count). The normalized spacial score (nSPS) is 14.4. The van der Waals surface area contributed by atoms with Crippen LogP contribution in [0.25, 0.3) is 0 Å². The summed E-state index contributed by atoms with van der Waals surface area (Å²) in [6.45, 7) is 7.02. The second-order valence-electron chi connectivity index (χ2n) is 4.52.